The van der Waals surface area contributed by atoms with Gasteiger partial charge in [0.2, 0.25) is 0 Å². The van der Waals surface area contributed by atoms with Crippen molar-refractivity contribution >= 4 is 17.0 Å². The Morgan fingerprint density at radius 1 is 0.840 bits per heavy atom. The minimum absolute atomic E-state index is 0.825. The molecular formula is C22H30Cl2Zr. The molecule has 0 radical (unpaired) electrons. The van der Waals surface area contributed by atoms with Gasteiger partial charge in [0.05, 0.1) is 0 Å². The van der Waals surface area contributed by atoms with Crippen LogP contribution < -0.4 is 0 Å². The summed E-state index contributed by atoms with van der Waals surface area (Å²) in [7, 11) is 9.87. The molecule has 0 nitrogen and oxygen atoms in total. The molecule has 0 bridgehead atoms. The maximum absolute atomic E-state index is 4.93. The van der Waals surface area contributed by atoms with Gasteiger partial charge < -0.3 is 0 Å². The Morgan fingerprint density at radius 3 is 1.52 bits per heavy atom. The molecular weight excluding hydrogens is 426 g/mol. The number of fused-ring (bicyclic) bond motifs is 2. The molecule has 25 heavy (non-hydrogen) atoms. The van der Waals surface area contributed by atoms with E-state index in [1.807, 2.05) is 0 Å². The molecule has 4 unspecified atom stereocenters. The molecule has 4 aliphatic rings. The van der Waals surface area contributed by atoms with E-state index >= 15 is 0 Å². The van der Waals surface area contributed by atoms with Crippen molar-refractivity contribution in [2.24, 2.45) is 23.7 Å². The third-order valence-electron chi connectivity index (χ3n) is 6.21. The zero-order valence-corrected chi connectivity index (χ0v) is 19.8. The minimum atomic E-state index is -0.826. The quantitative estimate of drug-likeness (QED) is 0.329. The van der Waals surface area contributed by atoms with Gasteiger partial charge in [-0.15, -0.1) is 38.2 Å². The van der Waals surface area contributed by atoms with Crippen molar-refractivity contribution < 1.29 is 20.8 Å². The zero-order chi connectivity index (χ0) is 18.4. The Kier molecular flexibility index (Phi) is 9.00. The van der Waals surface area contributed by atoms with E-state index in [9.17, 15) is 0 Å². The molecule has 0 heterocycles. The van der Waals surface area contributed by atoms with Crippen molar-refractivity contribution in [2.45, 2.75) is 53.4 Å². The average Bonchev–Trinajstić information content (AvgIpc) is 3.06. The second-order valence-corrected chi connectivity index (χ2v) is 11.4. The second-order valence-electron chi connectivity index (χ2n) is 7.68. The van der Waals surface area contributed by atoms with E-state index in [1.54, 1.807) is 23.0 Å². The van der Waals surface area contributed by atoms with Crippen molar-refractivity contribution in [3.8, 4) is 0 Å². The topological polar surface area (TPSA) is 0 Å². The fourth-order valence-corrected chi connectivity index (χ4v) is 4.48. The van der Waals surface area contributed by atoms with Gasteiger partial charge in [-0.1, -0.05) is 38.5 Å². The molecule has 0 aromatic rings. The Balaban J connectivity index is 0.000000156. The molecule has 0 amide bonds. The number of allylic oxidation sites excluding steroid dienone is 8. The van der Waals surface area contributed by atoms with E-state index in [0.29, 0.717) is 0 Å². The first-order chi connectivity index (χ1) is 12.0. The number of halogens is 2. The van der Waals surface area contributed by atoms with Gasteiger partial charge in [0.15, 0.2) is 0 Å². The first-order valence-corrected chi connectivity index (χ1v) is 15.7. The summed E-state index contributed by atoms with van der Waals surface area (Å²) in [5, 5.41) is 0. The number of hydrogen-bond acceptors (Lipinski definition) is 0. The molecule has 4 aliphatic carbocycles. The van der Waals surface area contributed by atoms with Gasteiger partial charge in [0, 0.05) is 0 Å². The van der Waals surface area contributed by atoms with Crippen molar-refractivity contribution in [3.05, 3.63) is 59.4 Å². The predicted molar refractivity (Wildman–Crippen MR) is 108 cm³/mol. The van der Waals surface area contributed by atoms with Crippen LogP contribution in [0, 0.1) is 35.5 Å². The fraction of sp³-hybridized carbons (Fsp3) is 0.545. The van der Waals surface area contributed by atoms with Crippen LogP contribution in [0.5, 0.6) is 0 Å². The van der Waals surface area contributed by atoms with Crippen LogP contribution in [-0.2, 0) is 20.8 Å². The van der Waals surface area contributed by atoms with E-state index in [0.717, 1.165) is 23.7 Å². The average molecular weight is 457 g/mol. The van der Waals surface area contributed by atoms with E-state index in [2.05, 4.69) is 64.2 Å². The normalized spacial score (nSPS) is 31.6. The molecule has 0 aromatic carbocycles. The van der Waals surface area contributed by atoms with Crippen LogP contribution in [0.4, 0.5) is 0 Å². The molecule has 136 valence electrons. The van der Waals surface area contributed by atoms with Gasteiger partial charge in [0.1, 0.15) is 0 Å². The monoisotopic (exact) mass is 454 g/mol. The first-order valence-electron chi connectivity index (χ1n) is 9.36. The van der Waals surface area contributed by atoms with Gasteiger partial charge in [0.25, 0.3) is 0 Å². The fourth-order valence-electron chi connectivity index (χ4n) is 4.48. The molecule has 4 rings (SSSR count). The summed E-state index contributed by atoms with van der Waals surface area (Å²) in [4.78, 5) is 0. The zero-order valence-electron chi connectivity index (χ0n) is 15.9. The Hall–Kier alpha value is 0.163. The summed E-state index contributed by atoms with van der Waals surface area (Å²) in [6.07, 6.45) is 18.9. The van der Waals surface area contributed by atoms with Crippen LogP contribution in [0.15, 0.2) is 47.6 Å². The Labute approximate surface area is 173 Å². The van der Waals surface area contributed by atoms with Crippen molar-refractivity contribution in [3.63, 3.8) is 0 Å². The van der Waals surface area contributed by atoms with Crippen LogP contribution in [0.25, 0.3) is 0 Å². The van der Waals surface area contributed by atoms with E-state index in [4.69, 9.17) is 17.0 Å². The Morgan fingerprint density at radius 2 is 1.20 bits per heavy atom. The summed E-state index contributed by atoms with van der Waals surface area (Å²) < 4.78 is 0. The van der Waals surface area contributed by atoms with Crippen LogP contribution >= 0.6 is 17.0 Å². The molecule has 4 atom stereocenters. The van der Waals surface area contributed by atoms with Crippen molar-refractivity contribution in [1.82, 2.24) is 0 Å². The number of rotatable bonds is 0. The molecule has 3 heteroatoms. The second kappa shape index (κ2) is 10.5. The first kappa shape index (κ1) is 21.5. The maximum atomic E-state index is 4.93. The summed E-state index contributed by atoms with van der Waals surface area (Å²) in [6.45, 7) is 9.26. The van der Waals surface area contributed by atoms with Crippen LogP contribution in [-0.4, -0.2) is 0 Å². The van der Waals surface area contributed by atoms with Crippen molar-refractivity contribution in [2.75, 3.05) is 0 Å². The SMILES string of the molecule is C[C-]1C2=CC=CCC2CC1C.C[C-]1C2=CC=CCC2CC1C.[Cl][Zr+2][Cl]. The molecule has 0 saturated heterocycles. The predicted octanol–water partition coefficient (Wildman–Crippen LogP) is 7.62. The summed E-state index contributed by atoms with van der Waals surface area (Å²) >= 11 is -0.826. The summed E-state index contributed by atoms with van der Waals surface area (Å²) in [5.41, 5.74) is 3.25. The van der Waals surface area contributed by atoms with Gasteiger partial charge in [-0.05, 0) is 24.7 Å². The standard InChI is InChI=1S/2C11H15.2ClH.Zr/c2*1-8-7-10-5-3-4-6-11(10)9(8)2;;;/h2*3-4,6,8,10H,5,7H2,1-2H3;2*1H;/q2*-1;;;+4/p-2. The van der Waals surface area contributed by atoms with Crippen LogP contribution in [0.2, 0.25) is 0 Å². The van der Waals surface area contributed by atoms with Gasteiger partial charge in [-0.3, -0.25) is 0 Å². The van der Waals surface area contributed by atoms with Crippen molar-refractivity contribution in [1.29, 1.82) is 0 Å². The molecule has 2 saturated carbocycles. The van der Waals surface area contributed by atoms with Crippen LogP contribution in [0.1, 0.15) is 53.4 Å². The van der Waals surface area contributed by atoms with Gasteiger partial charge in [-0.2, -0.15) is 0 Å². The van der Waals surface area contributed by atoms with E-state index < -0.39 is 20.8 Å². The Bertz CT molecular complexity index is 490. The third-order valence-corrected chi connectivity index (χ3v) is 6.21. The van der Waals surface area contributed by atoms with Gasteiger partial charge >= 0.3 is 37.9 Å². The van der Waals surface area contributed by atoms with Gasteiger partial charge in [-0.25, -0.2) is 35.1 Å². The summed E-state index contributed by atoms with van der Waals surface area (Å²) in [5.74, 6) is 6.61. The molecule has 0 spiro atoms. The molecule has 0 aliphatic heterocycles. The third kappa shape index (κ3) is 5.57. The molecule has 2 fully saturated rings. The summed E-state index contributed by atoms with van der Waals surface area (Å²) in [6, 6.07) is 0. The van der Waals surface area contributed by atoms with E-state index in [1.165, 1.54) is 25.7 Å². The van der Waals surface area contributed by atoms with Crippen LogP contribution in [0.3, 0.4) is 0 Å². The molecule has 0 N–H and O–H groups in total. The van der Waals surface area contributed by atoms with E-state index in [-0.39, 0.29) is 0 Å². The number of hydrogen-bond donors (Lipinski definition) is 0. The molecule has 0 aromatic heterocycles.